The number of carbonyl (C=O) groups excluding carboxylic acids is 1. The van der Waals surface area contributed by atoms with Crippen LogP contribution in [0.4, 0.5) is 0 Å². The maximum Gasteiger partial charge on any atom is 0.217 e. The quantitative estimate of drug-likeness (QED) is 0.135. The molecule has 17 heteroatoms. The van der Waals surface area contributed by atoms with Crippen molar-refractivity contribution >= 4 is 5.91 Å². The van der Waals surface area contributed by atoms with Crippen molar-refractivity contribution in [1.29, 1.82) is 0 Å². The maximum atomic E-state index is 12.0. The van der Waals surface area contributed by atoms with E-state index >= 15 is 0 Å². The summed E-state index contributed by atoms with van der Waals surface area (Å²) in [6.07, 6.45) is -23.4. The van der Waals surface area contributed by atoms with Crippen LogP contribution in [0.5, 0.6) is 0 Å². The van der Waals surface area contributed by atoms with Gasteiger partial charge in [0.2, 0.25) is 5.91 Å². The van der Waals surface area contributed by atoms with E-state index in [0.717, 1.165) is 6.92 Å². The summed E-state index contributed by atoms with van der Waals surface area (Å²) in [6, 6.07) is -1.48. The fourth-order valence-corrected chi connectivity index (χ4v) is 4.45. The zero-order chi connectivity index (χ0) is 27.6. The fraction of sp³-hybridized carbons (Fsp3) is 0.950. The lowest BCUT2D eigenvalue weighted by atomic mass is 9.94. The van der Waals surface area contributed by atoms with Crippen molar-refractivity contribution in [1.82, 2.24) is 5.32 Å². The number of amides is 1. The lowest BCUT2D eigenvalue weighted by Gasteiger charge is -2.49. The predicted octanol–water partition coefficient (Wildman–Crippen LogP) is -7.43. The molecule has 0 spiro atoms. The van der Waals surface area contributed by atoms with E-state index in [2.05, 4.69) is 5.32 Å². The molecule has 3 saturated heterocycles. The van der Waals surface area contributed by atoms with Crippen LogP contribution in [0.25, 0.3) is 0 Å². The molecule has 0 aliphatic carbocycles. The molecule has 3 heterocycles. The minimum absolute atomic E-state index is 0.694. The lowest BCUT2D eigenvalue weighted by Crippen LogP contribution is -2.69. The Hall–Kier alpha value is -1.13. The van der Waals surface area contributed by atoms with Gasteiger partial charge in [0, 0.05) is 6.92 Å². The van der Waals surface area contributed by atoms with Crippen molar-refractivity contribution in [2.24, 2.45) is 0 Å². The van der Waals surface area contributed by atoms with Crippen LogP contribution in [0, 0.1) is 0 Å². The van der Waals surface area contributed by atoms with E-state index < -0.39 is 118 Å². The zero-order valence-electron chi connectivity index (χ0n) is 19.7. The Bertz CT molecular complexity index is 745. The number of rotatable bonds is 8. The molecule has 216 valence electrons. The van der Waals surface area contributed by atoms with E-state index in [1.807, 2.05) is 0 Å². The Kier molecular flexibility index (Phi) is 10.5. The van der Waals surface area contributed by atoms with Crippen LogP contribution in [0.2, 0.25) is 0 Å². The van der Waals surface area contributed by atoms with Crippen molar-refractivity contribution in [2.75, 3.05) is 19.8 Å². The highest BCUT2D eigenvalue weighted by Crippen LogP contribution is 2.32. The number of aliphatic hydroxyl groups excluding tert-OH is 10. The molecule has 3 fully saturated rings. The van der Waals surface area contributed by atoms with Crippen LogP contribution in [-0.2, 0) is 28.5 Å². The van der Waals surface area contributed by atoms with Crippen molar-refractivity contribution in [2.45, 2.75) is 99.0 Å². The monoisotopic (exact) mass is 545 g/mol. The molecule has 3 aliphatic rings. The van der Waals surface area contributed by atoms with Crippen molar-refractivity contribution in [3.05, 3.63) is 0 Å². The fourth-order valence-electron chi connectivity index (χ4n) is 4.45. The van der Waals surface area contributed by atoms with E-state index in [0.29, 0.717) is 0 Å². The second kappa shape index (κ2) is 12.8. The van der Waals surface area contributed by atoms with Gasteiger partial charge in [-0.1, -0.05) is 0 Å². The number of hydrogen-bond acceptors (Lipinski definition) is 16. The van der Waals surface area contributed by atoms with Gasteiger partial charge in [-0.25, -0.2) is 0 Å². The number of carbonyl (C=O) groups is 1. The zero-order valence-corrected chi connectivity index (χ0v) is 19.7. The summed E-state index contributed by atoms with van der Waals surface area (Å²) < 4.78 is 27.1. The highest BCUT2D eigenvalue weighted by molar-refractivity contribution is 5.73. The van der Waals surface area contributed by atoms with E-state index in [4.69, 9.17) is 23.7 Å². The van der Waals surface area contributed by atoms with Gasteiger partial charge >= 0.3 is 0 Å². The highest BCUT2D eigenvalue weighted by Gasteiger charge is 2.54. The van der Waals surface area contributed by atoms with Crippen LogP contribution in [0.15, 0.2) is 0 Å². The van der Waals surface area contributed by atoms with Crippen LogP contribution >= 0.6 is 0 Å². The summed E-state index contributed by atoms with van der Waals surface area (Å²) in [6.45, 7) is -1.25. The topological polar surface area (TPSA) is 278 Å². The van der Waals surface area contributed by atoms with E-state index in [9.17, 15) is 55.9 Å². The Morgan fingerprint density at radius 1 is 0.649 bits per heavy atom. The second-order valence-electron chi connectivity index (χ2n) is 9.07. The Morgan fingerprint density at radius 3 is 1.70 bits per heavy atom. The highest BCUT2D eigenvalue weighted by atomic mass is 16.7. The minimum Gasteiger partial charge on any atom is -0.394 e. The molecule has 0 bridgehead atoms. The molecule has 0 saturated carbocycles. The predicted molar refractivity (Wildman–Crippen MR) is 113 cm³/mol. The van der Waals surface area contributed by atoms with E-state index in [-0.39, 0.29) is 0 Å². The molecule has 37 heavy (non-hydrogen) atoms. The Morgan fingerprint density at radius 2 is 1.14 bits per heavy atom. The minimum atomic E-state index is -1.88. The van der Waals surface area contributed by atoms with Crippen LogP contribution in [-0.4, -0.2) is 169 Å². The number of ether oxygens (including phenoxy) is 5. The SMILES string of the molecule is CC(=O)N[C@H]1[C@H](O[C@@H]2[C@@H](O)[C@H](O)O[C@H](CO)[C@@H]2O)O[C@H](CO)[C@@H](O)[C@@H]1O[C@@H]1O[C@H](CO)[C@H](O)[C@H](O)[C@H]1O. The third-order valence-corrected chi connectivity index (χ3v) is 6.49. The first-order valence-corrected chi connectivity index (χ1v) is 11.6. The third kappa shape index (κ3) is 6.38. The molecule has 0 aromatic rings. The first kappa shape index (κ1) is 30.4. The van der Waals surface area contributed by atoms with Gasteiger partial charge in [-0.05, 0) is 0 Å². The largest absolute Gasteiger partial charge is 0.394 e. The molecule has 17 nitrogen and oxygen atoms in total. The number of nitrogens with one attached hydrogen (secondary N) is 1. The standard InChI is InChI=1S/C20H35NO16/c1-5(25)21-9-16(36-20-14(30)13(29)10(26)6(2-22)35-20)11(27)8(4-24)34-19(9)37-17-12(28)7(3-23)33-18(32)15(17)31/h6-20,22-24,26-32H,2-4H2,1H3,(H,21,25)/t6-,7-,8-,9-,10+,11-,12+,13+,14-,15-,16-,17+,18-,19+,20+/m1/s1. The Balaban J connectivity index is 1.90. The molecule has 1 amide bonds. The maximum absolute atomic E-state index is 12.0. The third-order valence-electron chi connectivity index (χ3n) is 6.49. The molecular formula is C20H35NO16. The Labute approximate surface area is 210 Å². The summed E-state index contributed by atoms with van der Waals surface area (Å²) >= 11 is 0. The molecule has 11 N–H and O–H groups in total. The van der Waals surface area contributed by atoms with Crippen LogP contribution in [0.3, 0.4) is 0 Å². The number of hydrogen-bond donors (Lipinski definition) is 11. The van der Waals surface area contributed by atoms with E-state index in [1.54, 1.807) is 0 Å². The molecule has 0 aromatic carbocycles. The van der Waals surface area contributed by atoms with Gasteiger partial charge in [0.15, 0.2) is 18.9 Å². The smallest absolute Gasteiger partial charge is 0.217 e. The molecule has 0 radical (unpaired) electrons. The van der Waals surface area contributed by atoms with Gasteiger partial charge in [-0.3, -0.25) is 4.79 Å². The molecular weight excluding hydrogens is 510 g/mol. The number of aliphatic hydroxyl groups is 10. The average Bonchev–Trinajstić information content (AvgIpc) is 2.86. The normalized spacial score (nSPS) is 49.0. The van der Waals surface area contributed by atoms with Crippen LogP contribution in [0.1, 0.15) is 6.92 Å². The molecule has 0 unspecified atom stereocenters. The second-order valence-corrected chi connectivity index (χ2v) is 9.07. The summed E-state index contributed by atoms with van der Waals surface area (Å²) in [5, 5.41) is 103. The molecule has 3 aliphatic heterocycles. The summed E-state index contributed by atoms with van der Waals surface area (Å²) in [7, 11) is 0. The van der Waals surface area contributed by atoms with Crippen LogP contribution < -0.4 is 5.32 Å². The summed E-state index contributed by atoms with van der Waals surface area (Å²) in [4.78, 5) is 12.0. The van der Waals surface area contributed by atoms with Crippen molar-refractivity contribution in [3.63, 3.8) is 0 Å². The van der Waals surface area contributed by atoms with Gasteiger partial charge in [-0.15, -0.1) is 0 Å². The first-order chi connectivity index (χ1) is 17.4. The summed E-state index contributed by atoms with van der Waals surface area (Å²) in [5.74, 6) is -0.694. The van der Waals surface area contributed by atoms with Gasteiger partial charge in [0.05, 0.1) is 19.8 Å². The molecule has 15 atom stereocenters. The molecule has 0 aromatic heterocycles. The van der Waals surface area contributed by atoms with Gasteiger partial charge in [0.1, 0.15) is 73.2 Å². The van der Waals surface area contributed by atoms with Gasteiger partial charge in [0.25, 0.3) is 0 Å². The first-order valence-electron chi connectivity index (χ1n) is 11.6. The average molecular weight is 545 g/mol. The lowest BCUT2D eigenvalue weighted by molar-refractivity contribution is -0.363. The van der Waals surface area contributed by atoms with E-state index in [1.165, 1.54) is 0 Å². The summed E-state index contributed by atoms with van der Waals surface area (Å²) in [5.41, 5.74) is 0. The van der Waals surface area contributed by atoms with Crippen molar-refractivity contribution in [3.8, 4) is 0 Å². The molecule has 3 rings (SSSR count). The van der Waals surface area contributed by atoms with Gasteiger partial charge in [-0.2, -0.15) is 0 Å². The van der Waals surface area contributed by atoms with Crippen molar-refractivity contribution < 1.29 is 79.5 Å². The van der Waals surface area contributed by atoms with Gasteiger partial charge < -0.3 is 80.1 Å².